The van der Waals surface area contributed by atoms with Gasteiger partial charge in [-0.15, -0.1) is 0 Å². The molecule has 2 heterocycles. The van der Waals surface area contributed by atoms with Gasteiger partial charge in [-0.05, 0) is 55.0 Å². The van der Waals surface area contributed by atoms with E-state index in [1.807, 2.05) is 6.07 Å². The number of benzene rings is 1. The summed E-state index contributed by atoms with van der Waals surface area (Å²) in [6, 6.07) is 4.69. The van der Waals surface area contributed by atoms with Crippen LogP contribution in [-0.2, 0) is 12.8 Å². The van der Waals surface area contributed by atoms with E-state index < -0.39 is 0 Å². The van der Waals surface area contributed by atoms with Gasteiger partial charge in [0, 0.05) is 17.5 Å². The van der Waals surface area contributed by atoms with Gasteiger partial charge in [-0.25, -0.2) is 0 Å². The minimum Gasteiger partial charge on any atom is -0.493 e. The first kappa shape index (κ1) is 12.3. The molecule has 1 aromatic rings. The highest BCUT2D eigenvalue weighted by atomic mass is 35.5. The second-order valence-corrected chi connectivity index (χ2v) is 6.07. The van der Waals surface area contributed by atoms with Crippen LogP contribution in [0.5, 0.6) is 5.75 Å². The van der Waals surface area contributed by atoms with Crippen molar-refractivity contribution < 1.29 is 4.74 Å². The van der Waals surface area contributed by atoms with Crippen molar-refractivity contribution in [2.75, 3.05) is 13.2 Å². The molecule has 1 saturated heterocycles. The van der Waals surface area contributed by atoms with E-state index in [1.54, 1.807) is 0 Å². The quantitative estimate of drug-likeness (QED) is 0.887. The van der Waals surface area contributed by atoms with Crippen molar-refractivity contribution in [2.45, 2.75) is 38.6 Å². The highest BCUT2D eigenvalue weighted by Crippen LogP contribution is 2.34. The molecule has 2 aliphatic rings. The molecular formula is C15H20ClNO. The number of ether oxygens (including phenoxy) is 1. The maximum Gasteiger partial charge on any atom is 0.125 e. The highest BCUT2D eigenvalue weighted by Gasteiger charge is 2.23. The van der Waals surface area contributed by atoms with Crippen LogP contribution in [0.2, 0.25) is 5.02 Å². The van der Waals surface area contributed by atoms with Crippen molar-refractivity contribution in [2.24, 2.45) is 5.92 Å². The minimum atomic E-state index is 0.570. The molecule has 2 atom stereocenters. The SMILES string of the molecule is CC1CCNC(Cc2cc(Cl)cc3c2OCC3)C1. The van der Waals surface area contributed by atoms with Gasteiger partial charge in [0.2, 0.25) is 0 Å². The molecule has 1 N–H and O–H groups in total. The predicted molar refractivity (Wildman–Crippen MR) is 74.5 cm³/mol. The Kier molecular flexibility index (Phi) is 3.49. The van der Waals surface area contributed by atoms with E-state index in [9.17, 15) is 0 Å². The number of rotatable bonds is 2. The van der Waals surface area contributed by atoms with Crippen LogP contribution in [0.3, 0.4) is 0 Å². The Morgan fingerprint density at radius 2 is 2.33 bits per heavy atom. The molecule has 1 fully saturated rings. The largest absolute Gasteiger partial charge is 0.493 e. The van der Waals surface area contributed by atoms with Crippen molar-refractivity contribution in [3.63, 3.8) is 0 Å². The lowest BCUT2D eigenvalue weighted by molar-refractivity contribution is 0.312. The summed E-state index contributed by atoms with van der Waals surface area (Å²) >= 11 is 6.20. The molecule has 2 nitrogen and oxygen atoms in total. The van der Waals surface area contributed by atoms with E-state index in [4.69, 9.17) is 16.3 Å². The van der Waals surface area contributed by atoms with Crippen LogP contribution >= 0.6 is 11.6 Å². The van der Waals surface area contributed by atoms with Crippen LogP contribution in [-0.4, -0.2) is 19.2 Å². The second kappa shape index (κ2) is 5.10. The number of hydrogen-bond acceptors (Lipinski definition) is 2. The molecule has 0 radical (unpaired) electrons. The Bertz CT molecular complexity index is 446. The standard InChI is InChI=1S/C15H20ClNO/c1-10-2-4-17-14(6-10)9-12-8-13(16)7-11-3-5-18-15(11)12/h7-8,10,14,17H,2-6,9H2,1H3. The Hall–Kier alpha value is -0.730. The van der Waals surface area contributed by atoms with Gasteiger partial charge < -0.3 is 10.1 Å². The van der Waals surface area contributed by atoms with Crippen LogP contribution in [0.25, 0.3) is 0 Å². The number of hydrogen-bond donors (Lipinski definition) is 1. The third-order valence-electron chi connectivity index (χ3n) is 4.05. The average molecular weight is 266 g/mol. The van der Waals surface area contributed by atoms with Crippen molar-refractivity contribution in [3.8, 4) is 5.75 Å². The zero-order valence-corrected chi connectivity index (χ0v) is 11.6. The van der Waals surface area contributed by atoms with Gasteiger partial charge in [0.1, 0.15) is 5.75 Å². The molecular weight excluding hydrogens is 246 g/mol. The normalized spacial score (nSPS) is 26.8. The molecule has 0 aliphatic carbocycles. The first-order valence-corrected chi connectivity index (χ1v) is 7.27. The number of halogens is 1. The third kappa shape index (κ3) is 2.50. The zero-order chi connectivity index (χ0) is 12.5. The highest BCUT2D eigenvalue weighted by molar-refractivity contribution is 6.30. The van der Waals surface area contributed by atoms with E-state index in [1.165, 1.54) is 24.0 Å². The summed E-state index contributed by atoms with van der Waals surface area (Å²) in [6.45, 7) is 4.28. The lowest BCUT2D eigenvalue weighted by atomic mass is 9.90. The lowest BCUT2D eigenvalue weighted by Crippen LogP contribution is -2.38. The maximum atomic E-state index is 6.20. The van der Waals surface area contributed by atoms with Crippen molar-refractivity contribution >= 4 is 11.6 Å². The number of nitrogens with one attached hydrogen (secondary N) is 1. The van der Waals surface area contributed by atoms with Crippen molar-refractivity contribution in [1.82, 2.24) is 5.32 Å². The molecule has 2 unspecified atom stereocenters. The number of piperidine rings is 1. The predicted octanol–water partition coefficient (Wildman–Crippen LogP) is 3.21. The summed E-state index contributed by atoms with van der Waals surface area (Å²) < 4.78 is 5.77. The molecule has 0 saturated carbocycles. The summed E-state index contributed by atoms with van der Waals surface area (Å²) in [6.07, 6.45) is 4.58. The Balaban J connectivity index is 1.80. The van der Waals surface area contributed by atoms with Crippen molar-refractivity contribution in [1.29, 1.82) is 0 Å². The fourth-order valence-electron chi connectivity index (χ4n) is 3.14. The molecule has 0 spiro atoms. The van der Waals surface area contributed by atoms with E-state index in [0.717, 1.165) is 42.7 Å². The fraction of sp³-hybridized carbons (Fsp3) is 0.600. The molecule has 3 heteroatoms. The molecule has 0 aromatic heterocycles. The molecule has 3 rings (SSSR count). The van der Waals surface area contributed by atoms with Crippen LogP contribution < -0.4 is 10.1 Å². The average Bonchev–Trinajstić information content (AvgIpc) is 2.77. The molecule has 98 valence electrons. The van der Waals surface area contributed by atoms with Gasteiger partial charge in [-0.2, -0.15) is 0 Å². The monoisotopic (exact) mass is 265 g/mol. The maximum absolute atomic E-state index is 6.20. The Morgan fingerprint density at radius 3 is 3.17 bits per heavy atom. The van der Waals surface area contributed by atoms with E-state index >= 15 is 0 Å². The van der Waals surface area contributed by atoms with Crippen molar-refractivity contribution in [3.05, 3.63) is 28.3 Å². The summed E-state index contributed by atoms with van der Waals surface area (Å²) in [4.78, 5) is 0. The first-order valence-electron chi connectivity index (χ1n) is 6.90. The topological polar surface area (TPSA) is 21.3 Å². The summed E-state index contributed by atoms with van der Waals surface area (Å²) in [5.74, 6) is 1.92. The van der Waals surface area contributed by atoms with E-state index in [2.05, 4.69) is 18.3 Å². The molecule has 0 amide bonds. The van der Waals surface area contributed by atoms with Gasteiger partial charge in [-0.3, -0.25) is 0 Å². The van der Waals surface area contributed by atoms with Crippen LogP contribution in [0.4, 0.5) is 0 Å². The summed E-state index contributed by atoms with van der Waals surface area (Å²) in [5.41, 5.74) is 2.56. The zero-order valence-electron chi connectivity index (χ0n) is 10.8. The van der Waals surface area contributed by atoms with Crippen LogP contribution in [0.1, 0.15) is 30.9 Å². The Morgan fingerprint density at radius 1 is 1.44 bits per heavy atom. The second-order valence-electron chi connectivity index (χ2n) is 5.64. The minimum absolute atomic E-state index is 0.570. The summed E-state index contributed by atoms with van der Waals surface area (Å²) in [7, 11) is 0. The third-order valence-corrected chi connectivity index (χ3v) is 4.27. The molecule has 1 aromatic carbocycles. The van der Waals surface area contributed by atoms with Gasteiger partial charge in [0.05, 0.1) is 6.61 Å². The molecule has 2 aliphatic heterocycles. The van der Waals surface area contributed by atoms with Gasteiger partial charge in [0.25, 0.3) is 0 Å². The van der Waals surface area contributed by atoms with E-state index in [-0.39, 0.29) is 0 Å². The smallest absolute Gasteiger partial charge is 0.125 e. The molecule has 0 bridgehead atoms. The fourth-order valence-corrected chi connectivity index (χ4v) is 3.40. The molecule has 18 heavy (non-hydrogen) atoms. The van der Waals surface area contributed by atoms with Gasteiger partial charge >= 0.3 is 0 Å². The first-order chi connectivity index (χ1) is 8.72. The lowest BCUT2D eigenvalue weighted by Gasteiger charge is -2.28. The van der Waals surface area contributed by atoms with Crippen LogP contribution in [0.15, 0.2) is 12.1 Å². The summed E-state index contributed by atoms with van der Waals surface area (Å²) in [5, 5.41) is 4.46. The van der Waals surface area contributed by atoms with Gasteiger partial charge in [-0.1, -0.05) is 18.5 Å². The Labute approximate surface area is 114 Å². The van der Waals surface area contributed by atoms with Crippen LogP contribution in [0, 0.1) is 5.92 Å². The number of fused-ring (bicyclic) bond motifs is 1. The van der Waals surface area contributed by atoms with Gasteiger partial charge in [0.15, 0.2) is 0 Å². The van der Waals surface area contributed by atoms with E-state index in [0.29, 0.717) is 6.04 Å².